The van der Waals surface area contributed by atoms with Crippen LogP contribution >= 0.6 is 0 Å². The lowest BCUT2D eigenvalue weighted by atomic mass is 9.43. The van der Waals surface area contributed by atoms with Gasteiger partial charge in [-0.05, 0) is 81.2 Å². The fourth-order valence-corrected chi connectivity index (χ4v) is 6.99. The summed E-state index contributed by atoms with van der Waals surface area (Å²) in [7, 11) is 0. The van der Waals surface area contributed by atoms with Gasteiger partial charge >= 0.3 is 6.85 Å². The Bertz CT molecular complexity index is 2180. The number of fused-ring (bicyclic) bond motifs is 11. The minimum Gasteiger partial charge on any atom is -0.376 e. The topological polar surface area (TPSA) is 29.0 Å². The molecule has 0 amide bonds. The summed E-state index contributed by atoms with van der Waals surface area (Å²) in [5, 5.41) is 0. The third-order valence-electron chi connectivity index (χ3n) is 9.04. The standard InChI is InChI=1S/C40H26BN3/c1-2-8-27(9-3-1)29-15-18-39-34(24-29)32-10-4-6-12-36(32)41-37-13-7-5-11-33(37)35-25-30(16-19-40(35)44(39)41)31-14-17-38(43-26-31)28-20-22-42-23-21-28/h1-26H. The number of pyridine rings is 2. The van der Waals surface area contributed by atoms with Crippen LogP contribution < -0.4 is 15.7 Å². The lowest BCUT2D eigenvalue weighted by molar-refractivity contribution is 1.29. The minimum absolute atomic E-state index is 0.0946. The van der Waals surface area contributed by atoms with Gasteiger partial charge < -0.3 is 4.81 Å². The summed E-state index contributed by atoms with van der Waals surface area (Å²) in [4.78, 5) is 11.5. The quantitative estimate of drug-likeness (QED) is 0.204. The molecule has 0 atom stereocenters. The normalized spacial score (nSPS) is 12.5. The lowest BCUT2D eigenvalue weighted by Crippen LogP contribution is -2.59. The fraction of sp³-hybridized carbons (Fsp3) is 0. The second-order valence-corrected chi connectivity index (χ2v) is 11.4. The van der Waals surface area contributed by atoms with Crippen LogP contribution in [0.4, 0.5) is 11.4 Å². The molecule has 0 spiro atoms. The zero-order valence-corrected chi connectivity index (χ0v) is 23.9. The van der Waals surface area contributed by atoms with Gasteiger partial charge in [-0.2, -0.15) is 0 Å². The van der Waals surface area contributed by atoms with Gasteiger partial charge in [0.1, 0.15) is 0 Å². The van der Waals surface area contributed by atoms with Crippen molar-refractivity contribution in [2.24, 2.45) is 0 Å². The Morgan fingerprint density at radius 3 is 1.61 bits per heavy atom. The third-order valence-corrected chi connectivity index (χ3v) is 9.04. The van der Waals surface area contributed by atoms with E-state index in [1.54, 1.807) is 12.4 Å². The number of hydrogen-bond donors (Lipinski definition) is 0. The molecular weight excluding hydrogens is 533 g/mol. The zero-order valence-electron chi connectivity index (χ0n) is 23.9. The Balaban J connectivity index is 1.21. The van der Waals surface area contributed by atoms with Crippen LogP contribution in [0.1, 0.15) is 0 Å². The van der Waals surface area contributed by atoms with Gasteiger partial charge in [0, 0.05) is 52.2 Å². The monoisotopic (exact) mass is 559 g/mol. The van der Waals surface area contributed by atoms with Crippen LogP contribution in [0.25, 0.3) is 55.8 Å². The van der Waals surface area contributed by atoms with Crippen molar-refractivity contribution < 1.29 is 0 Å². The van der Waals surface area contributed by atoms with Crippen LogP contribution in [0.15, 0.2) is 158 Å². The molecule has 4 heteroatoms. The molecule has 0 unspecified atom stereocenters. The summed E-state index contributed by atoms with van der Waals surface area (Å²) in [6.07, 6.45) is 5.59. The van der Waals surface area contributed by atoms with Crippen LogP contribution in [-0.4, -0.2) is 16.8 Å². The molecule has 0 saturated carbocycles. The van der Waals surface area contributed by atoms with E-state index in [9.17, 15) is 0 Å². The SMILES string of the molecule is c1ccc(-c2ccc3c(c2)-c2ccccc2B2c4ccccc4-c4cc(-c5ccc(-c6ccncc6)nc5)ccc4N23)cc1. The Kier molecular flexibility index (Phi) is 5.60. The first kappa shape index (κ1) is 24.8. The van der Waals surface area contributed by atoms with Crippen LogP contribution in [0, 0.1) is 0 Å². The minimum atomic E-state index is 0.0946. The van der Waals surface area contributed by atoms with E-state index < -0.39 is 0 Å². The first-order chi connectivity index (χ1) is 21.8. The van der Waals surface area contributed by atoms with Crippen LogP contribution in [0.2, 0.25) is 0 Å². The highest BCUT2D eigenvalue weighted by Gasteiger charge is 2.42. The van der Waals surface area contributed by atoms with E-state index in [4.69, 9.17) is 4.98 Å². The number of aromatic nitrogens is 2. The molecule has 0 fully saturated rings. The Hall–Kier alpha value is -5.74. The van der Waals surface area contributed by atoms with Crippen molar-refractivity contribution in [3.63, 3.8) is 0 Å². The first-order valence-corrected chi connectivity index (χ1v) is 15.0. The third kappa shape index (κ3) is 3.85. The van der Waals surface area contributed by atoms with E-state index >= 15 is 0 Å². The van der Waals surface area contributed by atoms with E-state index in [1.807, 2.05) is 18.3 Å². The molecule has 0 aliphatic carbocycles. The second kappa shape index (κ2) is 9.93. The number of anilines is 2. The van der Waals surface area contributed by atoms with Crippen molar-refractivity contribution in [3.8, 4) is 55.8 Å². The van der Waals surface area contributed by atoms with Crippen LogP contribution in [0.3, 0.4) is 0 Å². The van der Waals surface area contributed by atoms with Gasteiger partial charge in [-0.15, -0.1) is 0 Å². The molecule has 4 heterocycles. The largest absolute Gasteiger partial charge is 0.376 e. The number of rotatable bonds is 3. The molecule has 2 aromatic heterocycles. The van der Waals surface area contributed by atoms with E-state index in [0.29, 0.717) is 0 Å². The molecule has 204 valence electrons. The summed E-state index contributed by atoms with van der Waals surface area (Å²) >= 11 is 0. The summed E-state index contributed by atoms with van der Waals surface area (Å²) in [6, 6.07) is 50.6. The smallest absolute Gasteiger partial charge is 0.329 e. The molecule has 5 aromatic carbocycles. The van der Waals surface area contributed by atoms with E-state index in [2.05, 4.69) is 137 Å². The van der Waals surface area contributed by atoms with Crippen molar-refractivity contribution in [3.05, 3.63) is 158 Å². The molecule has 2 aliphatic rings. The highest BCUT2D eigenvalue weighted by Crippen LogP contribution is 2.47. The summed E-state index contributed by atoms with van der Waals surface area (Å²) in [6.45, 7) is 0.0946. The second-order valence-electron chi connectivity index (χ2n) is 11.4. The molecule has 44 heavy (non-hydrogen) atoms. The average molecular weight is 559 g/mol. The van der Waals surface area contributed by atoms with Crippen LogP contribution in [0.5, 0.6) is 0 Å². The highest BCUT2D eigenvalue weighted by atomic mass is 15.1. The molecular formula is C40H26BN3. The molecule has 0 radical (unpaired) electrons. The average Bonchev–Trinajstić information content (AvgIpc) is 3.12. The van der Waals surface area contributed by atoms with Crippen molar-refractivity contribution in [1.82, 2.24) is 9.97 Å². The van der Waals surface area contributed by atoms with Crippen LogP contribution in [-0.2, 0) is 0 Å². The molecule has 2 aliphatic heterocycles. The maximum atomic E-state index is 4.80. The van der Waals surface area contributed by atoms with Gasteiger partial charge in [0.25, 0.3) is 0 Å². The van der Waals surface area contributed by atoms with Crippen molar-refractivity contribution >= 4 is 29.1 Å². The molecule has 7 aromatic rings. The van der Waals surface area contributed by atoms with E-state index in [0.717, 1.165) is 22.4 Å². The van der Waals surface area contributed by atoms with Gasteiger partial charge in [0.05, 0.1) is 5.69 Å². The maximum absolute atomic E-state index is 4.80. The molecule has 0 saturated heterocycles. The van der Waals surface area contributed by atoms with E-state index in [-0.39, 0.29) is 6.85 Å². The highest BCUT2D eigenvalue weighted by molar-refractivity contribution is 6.92. The maximum Gasteiger partial charge on any atom is 0.329 e. The zero-order chi connectivity index (χ0) is 29.0. The van der Waals surface area contributed by atoms with Crippen molar-refractivity contribution in [2.45, 2.75) is 0 Å². The van der Waals surface area contributed by atoms with Gasteiger partial charge in [-0.3, -0.25) is 9.97 Å². The molecule has 0 bridgehead atoms. The van der Waals surface area contributed by atoms with Gasteiger partial charge in [-0.25, -0.2) is 0 Å². The van der Waals surface area contributed by atoms with Crippen molar-refractivity contribution in [1.29, 1.82) is 0 Å². The Morgan fingerprint density at radius 2 is 1.00 bits per heavy atom. The van der Waals surface area contributed by atoms with Gasteiger partial charge in [-0.1, -0.05) is 97.1 Å². The van der Waals surface area contributed by atoms with Crippen molar-refractivity contribution in [2.75, 3.05) is 4.81 Å². The van der Waals surface area contributed by atoms with Gasteiger partial charge in [0.15, 0.2) is 0 Å². The Morgan fingerprint density at radius 1 is 0.432 bits per heavy atom. The molecule has 9 rings (SSSR count). The predicted octanol–water partition coefficient (Wildman–Crippen LogP) is 8.38. The van der Waals surface area contributed by atoms with E-state index in [1.165, 1.54) is 55.7 Å². The fourth-order valence-electron chi connectivity index (χ4n) is 6.99. The predicted molar refractivity (Wildman–Crippen MR) is 183 cm³/mol. The number of hydrogen-bond acceptors (Lipinski definition) is 3. The summed E-state index contributed by atoms with van der Waals surface area (Å²) in [5.41, 5.74) is 16.9. The number of benzene rings is 5. The lowest BCUT2D eigenvalue weighted by Gasteiger charge is -2.43. The number of nitrogens with zero attached hydrogens (tertiary/aromatic N) is 3. The Labute approximate surface area is 257 Å². The summed E-state index contributed by atoms with van der Waals surface area (Å²) in [5.74, 6) is 0. The molecule has 3 nitrogen and oxygen atoms in total. The summed E-state index contributed by atoms with van der Waals surface area (Å²) < 4.78 is 0. The van der Waals surface area contributed by atoms with Gasteiger partial charge in [0.2, 0.25) is 0 Å². The molecule has 0 N–H and O–H groups in total. The first-order valence-electron chi connectivity index (χ1n) is 15.0.